The largest absolute Gasteiger partial charge is 0.380 e. The molecule has 0 spiro atoms. The molecule has 1 aromatic heterocycles. The second-order valence-corrected chi connectivity index (χ2v) is 5.81. The summed E-state index contributed by atoms with van der Waals surface area (Å²) in [6.45, 7) is 2.35. The van der Waals surface area contributed by atoms with Crippen molar-refractivity contribution in [1.29, 1.82) is 0 Å². The number of terminal acetylenes is 1. The van der Waals surface area contributed by atoms with Crippen LogP contribution in [-0.2, 0) is 6.54 Å². The van der Waals surface area contributed by atoms with Gasteiger partial charge in [-0.2, -0.15) is 5.10 Å². The predicted octanol–water partition coefficient (Wildman–Crippen LogP) is 2.63. The van der Waals surface area contributed by atoms with Crippen LogP contribution in [0.2, 0.25) is 0 Å². The molecule has 0 bridgehead atoms. The van der Waals surface area contributed by atoms with E-state index in [4.69, 9.17) is 6.42 Å². The minimum atomic E-state index is -0.193. The van der Waals surface area contributed by atoms with E-state index in [9.17, 15) is 4.79 Å². The van der Waals surface area contributed by atoms with E-state index in [0.29, 0.717) is 16.4 Å². The average molecular weight is 324 g/mol. The van der Waals surface area contributed by atoms with Gasteiger partial charge in [-0.05, 0) is 41.6 Å². The lowest BCUT2D eigenvalue weighted by atomic mass is 10.00. The number of hydrogen-bond acceptors (Lipinski definition) is 3. The molecule has 0 saturated heterocycles. The Bertz CT molecular complexity index is 541. The van der Waals surface area contributed by atoms with Crippen molar-refractivity contribution in [3.8, 4) is 12.3 Å². The Hall–Kier alpha value is -1.28. The lowest BCUT2D eigenvalue weighted by Crippen LogP contribution is -2.28. The first-order chi connectivity index (χ1) is 9.13. The van der Waals surface area contributed by atoms with Crippen molar-refractivity contribution in [1.82, 2.24) is 9.78 Å². The highest BCUT2D eigenvalue weighted by Gasteiger charge is 2.22. The van der Waals surface area contributed by atoms with E-state index in [-0.39, 0.29) is 12.1 Å². The van der Waals surface area contributed by atoms with Gasteiger partial charge in [0.15, 0.2) is 0 Å². The van der Waals surface area contributed by atoms with E-state index in [0.717, 1.165) is 5.69 Å². The zero-order valence-corrected chi connectivity index (χ0v) is 12.6. The van der Waals surface area contributed by atoms with Crippen LogP contribution in [0.15, 0.2) is 15.5 Å². The van der Waals surface area contributed by atoms with E-state index in [1.165, 1.54) is 30.4 Å². The molecule has 102 valence electrons. The standard InChI is InChI=1S/C14H18BrN3O/c1-3-8-18-14(19)13(15)12(9-16-18)17-10(2)11-6-4-5-7-11/h1,9-11,17H,4-8H2,2H3. The fourth-order valence-corrected chi connectivity index (χ4v) is 3.01. The summed E-state index contributed by atoms with van der Waals surface area (Å²) in [5.41, 5.74) is 0.555. The first-order valence-corrected chi connectivity index (χ1v) is 7.38. The first-order valence-electron chi connectivity index (χ1n) is 6.59. The Morgan fingerprint density at radius 3 is 2.95 bits per heavy atom. The summed E-state index contributed by atoms with van der Waals surface area (Å²) >= 11 is 3.33. The molecule has 1 N–H and O–H groups in total. The van der Waals surface area contributed by atoms with Crippen LogP contribution < -0.4 is 10.9 Å². The summed E-state index contributed by atoms with van der Waals surface area (Å²) < 4.78 is 1.78. The Kier molecular flexibility index (Phi) is 4.65. The van der Waals surface area contributed by atoms with Gasteiger partial charge >= 0.3 is 0 Å². The van der Waals surface area contributed by atoms with Crippen molar-refractivity contribution in [2.45, 2.75) is 45.2 Å². The molecule has 5 heteroatoms. The molecule has 1 heterocycles. The molecule has 1 aliphatic rings. The van der Waals surface area contributed by atoms with Crippen molar-refractivity contribution < 1.29 is 0 Å². The van der Waals surface area contributed by atoms with E-state index in [1.54, 1.807) is 6.20 Å². The number of hydrogen-bond donors (Lipinski definition) is 1. The maximum Gasteiger partial charge on any atom is 0.284 e. The van der Waals surface area contributed by atoms with Crippen LogP contribution in [0.1, 0.15) is 32.6 Å². The van der Waals surface area contributed by atoms with Crippen molar-refractivity contribution in [3.63, 3.8) is 0 Å². The second-order valence-electron chi connectivity index (χ2n) is 5.02. The highest BCUT2D eigenvalue weighted by atomic mass is 79.9. The number of aromatic nitrogens is 2. The first kappa shape index (κ1) is 14.1. The lowest BCUT2D eigenvalue weighted by Gasteiger charge is -2.22. The summed E-state index contributed by atoms with van der Waals surface area (Å²) in [5, 5.41) is 7.47. The van der Waals surface area contributed by atoms with Gasteiger partial charge < -0.3 is 5.32 Å². The normalized spacial score (nSPS) is 17.1. The average Bonchev–Trinajstić information content (AvgIpc) is 2.92. The number of halogens is 1. The molecule has 1 aromatic rings. The fraction of sp³-hybridized carbons (Fsp3) is 0.571. The molecule has 1 fully saturated rings. The molecule has 4 nitrogen and oxygen atoms in total. The maximum atomic E-state index is 12.0. The summed E-state index contributed by atoms with van der Waals surface area (Å²) in [5.74, 6) is 3.10. The highest BCUT2D eigenvalue weighted by Crippen LogP contribution is 2.30. The molecule has 19 heavy (non-hydrogen) atoms. The Morgan fingerprint density at radius 1 is 1.63 bits per heavy atom. The van der Waals surface area contributed by atoms with Gasteiger partial charge in [0.25, 0.3) is 5.56 Å². The molecular weight excluding hydrogens is 306 g/mol. The fourth-order valence-electron chi connectivity index (χ4n) is 2.59. The number of anilines is 1. The SMILES string of the molecule is C#CCn1ncc(NC(C)C2CCCC2)c(Br)c1=O. The van der Waals surface area contributed by atoms with Crippen LogP contribution >= 0.6 is 15.9 Å². The molecular formula is C14H18BrN3O. The molecule has 0 aromatic carbocycles. The van der Waals surface area contributed by atoms with Gasteiger partial charge in [0.2, 0.25) is 0 Å². The molecule has 0 radical (unpaired) electrons. The van der Waals surface area contributed by atoms with Gasteiger partial charge in [0.05, 0.1) is 11.9 Å². The van der Waals surface area contributed by atoms with Crippen molar-refractivity contribution >= 4 is 21.6 Å². The third kappa shape index (κ3) is 3.19. The van der Waals surface area contributed by atoms with E-state index in [2.05, 4.69) is 39.2 Å². The predicted molar refractivity (Wildman–Crippen MR) is 80.1 cm³/mol. The summed E-state index contributed by atoms with van der Waals surface area (Å²) in [7, 11) is 0. The monoisotopic (exact) mass is 323 g/mol. The zero-order valence-electron chi connectivity index (χ0n) is 11.0. The Balaban J connectivity index is 2.15. The van der Waals surface area contributed by atoms with Gasteiger partial charge in [-0.25, -0.2) is 4.68 Å². The van der Waals surface area contributed by atoms with E-state index >= 15 is 0 Å². The quantitative estimate of drug-likeness (QED) is 0.866. The van der Waals surface area contributed by atoms with Crippen LogP contribution in [0.3, 0.4) is 0 Å². The van der Waals surface area contributed by atoms with Crippen LogP contribution in [0, 0.1) is 18.3 Å². The third-order valence-corrected chi connectivity index (χ3v) is 4.48. The topological polar surface area (TPSA) is 46.9 Å². The third-order valence-electron chi connectivity index (χ3n) is 3.72. The van der Waals surface area contributed by atoms with Crippen LogP contribution in [-0.4, -0.2) is 15.8 Å². The van der Waals surface area contributed by atoms with Crippen LogP contribution in [0.5, 0.6) is 0 Å². The summed E-state index contributed by atoms with van der Waals surface area (Å²) in [6, 6.07) is 0.350. The number of rotatable bonds is 4. The van der Waals surface area contributed by atoms with Gasteiger partial charge in [0.1, 0.15) is 11.0 Å². The molecule has 1 unspecified atom stereocenters. The van der Waals surface area contributed by atoms with Gasteiger partial charge in [-0.15, -0.1) is 6.42 Å². The molecule has 2 rings (SSSR count). The van der Waals surface area contributed by atoms with E-state index in [1.807, 2.05) is 0 Å². The smallest absolute Gasteiger partial charge is 0.284 e. The minimum absolute atomic E-state index is 0.190. The summed E-state index contributed by atoms with van der Waals surface area (Å²) in [6.07, 6.45) is 12.0. The Morgan fingerprint density at radius 2 is 2.32 bits per heavy atom. The van der Waals surface area contributed by atoms with E-state index < -0.39 is 0 Å². The Labute approximate surface area is 121 Å². The second kappa shape index (κ2) is 6.25. The highest BCUT2D eigenvalue weighted by molar-refractivity contribution is 9.10. The summed E-state index contributed by atoms with van der Waals surface area (Å²) in [4.78, 5) is 12.0. The molecule has 0 amide bonds. The van der Waals surface area contributed by atoms with Crippen molar-refractivity contribution in [2.24, 2.45) is 5.92 Å². The number of nitrogens with zero attached hydrogens (tertiary/aromatic N) is 2. The molecule has 1 saturated carbocycles. The van der Waals surface area contributed by atoms with Crippen LogP contribution in [0.25, 0.3) is 0 Å². The minimum Gasteiger partial charge on any atom is -0.380 e. The van der Waals surface area contributed by atoms with Gasteiger partial charge in [0, 0.05) is 6.04 Å². The van der Waals surface area contributed by atoms with Crippen molar-refractivity contribution in [3.05, 3.63) is 21.0 Å². The molecule has 1 atom stereocenters. The van der Waals surface area contributed by atoms with Crippen molar-refractivity contribution in [2.75, 3.05) is 5.32 Å². The number of nitrogens with one attached hydrogen (secondary N) is 1. The van der Waals surface area contributed by atoms with Gasteiger partial charge in [-0.3, -0.25) is 4.79 Å². The maximum absolute atomic E-state index is 12.0. The zero-order chi connectivity index (χ0) is 13.8. The van der Waals surface area contributed by atoms with Gasteiger partial charge in [-0.1, -0.05) is 18.8 Å². The lowest BCUT2D eigenvalue weighted by molar-refractivity contribution is 0.481. The van der Waals surface area contributed by atoms with Crippen LogP contribution in [0.4, 0.5) is 5.69 Å². The molecule has 1 aliphatic carbocycles. The molecule has 0 aliphatic heterocycles.